The number of likely N-dealkylation sites (tertiary alicyclic amines) is 1. The predicted molar refractivity (Wildman–Crippen MR) is 115 cm³/mol. The molecule has 6 heteroatoms. The smallest absolute Gasteiger partial charge is 0.296 e. The number of ether oxygens (including phenoxy) is 1. The molecule has 2 aromatic carbocycles. The van der Waals surface area contributed by atoms with Gasteiger partial charge in [-0.05, 0) is 36.2 Å². The molecule has 3 aromatic rings. The molecule has 1 N–H and O–H groups in total. The lowest BCUT2D eigenvalue weighted by atomic mass is 9.95. The fourth-order valence-corrected chi connectivity index (χ4v) is 3.71. The number of aliphatic hydroxyl groups excluding tert-OH is 1. The van der Waals surface area contributed by atoms with Gasteiger partial charge in [0.05, 0.1) is 31.0 Å². The summed E-state index contributed by atoms with van der Waals surface area (Å²) in [5, 5.41) is 11.0. The second kappa shape index (κ2) is 8.92. The number of aliphatic hydroxyl groups is 1. The highest BCUT2D eigenvalue weighted by Crippen LogP contribution is 2.41. The van der Waals surface area contributed by atoms with E-state index in [1.165, 1.54) is 11.2 Å². The summed E-state index contributed by atoms with van der Waals surface area (Å²) in [5.74, 6) is -0.421. The zero-order valence-corrected chi connectivity index (χ0v) is 17.2. The summed E-state index contributed by atoms with van der Waals surface area (Å²) < 4.78 is 11.2. The Morgan fingerprint density at radius 2 is 1.87 bits per heavy atom. The minimum atomic E-state index is -0.768. The summed E-state index contributed by atoms with van der Waals surface area (Å²) in [6, 6.07) is 18.7. The molecular formula is C25H23NO5. The van der Waals surface area contributed by atoms with Crippen molar-refractivity contribution in [2.24, 2.45) is 0 Å². The van der Waals surface area contributed by atoms with Gasteiger partial charge in [-0.25, -0.2) is 0 Å². The van der Waals surface area contributed by atoms with Crippen molar-refractivity contribution < 1.29 is 23.8 Å². The molecule has 31 heavy (non-hydrogen) atoms. The Kier molecular flexibility index (Phi) is 5.89. The molecule has 6 nitrogen and oxygen atoms in total. The van der Waals surface area contributed by atoms with E-state index in [-0.39, 0.29) is 17.9 Å². The maximum Gasteiger partial charge on any atom is 0.296 e. The number of hydrogen-bond donors (Lipinski definition) is 1. The SMILES string of the molecule is CCCOc1cccc(C2C(=C(O)c3ccccc3)C(=O)C(=O)N2Cc2ccco2)c1. The molecule has 0 radical (unpaired) electrons. The molecule has 2 heterocycles. The maximum absolute atomic E-state index is 13.0. The predicted octanol–water partition coefficient (Wildman–Crippen LogP) is 4.69. The number of furan rings is 1. The molecule has 1 unspecified atom stereocenters. The molecule has 4 rings (SSSR count). The number of carbonyl (C=O) groups excluding carboxylic acids is 2. The van der Waals surface area contributed by atoms with E-state index in [0.29, 0.717) is 29.2 Å². The minimum absolute atomic E-state index is 0.0513. The Morgan fingerprint density at radius 3 is 2.58 bits per heavy atom. The molecule has 1 amide bonds. The van der Waals surface area contributed by atoms with Crippen LogP contribution in [-0.2, 0) is 16.1 Å². The van der Waals surface area contributed by atoms with Gasteiger partial charge >= 0.3 is 0 Å². The van der Waals surface area contributed by atoms with Crippen molar-refractivity contribution in [3.63, 3.8) is 0 Å². The second-order valence-corrected chi connectivity index (χ2v) is 7.29. The number of hydrogen-bond acceptors (Lipinski definition) is 5. The average molecular weight is 417 g/mol. The fourth-order valence-electron chi connectivity index (χ4n) is 3.71. The van der Waals surface area contributed by atoms with Crippen LogP contribution in [0.5, 0.6) is 5.75 Å². The van der Waals surface area contributed by atoms with Crippen molar-refractivity contribution in [2.75, 3.05) is 6.61 Å². The van der Waals surface area contributed by atoms with Crippen LogP contribution in [-0.4, -0.2) is 28.3 Å². The second-order valence-electron chi connectivity index (χ2n) is 7.29. The number of Topliss-reactive ketones (excluding diaryl/α,β-unsaturated/α-hetero) is 1. The Balaban J connectivity index is 1.83. The summed E-state index contributed by atoms with van der Waals surface area (Å²) in [6.07, 6.45) is 2.37. The van der Waals surface area contributed by atoms with Gasteiger partial charge in [0.25, 0.3) is 11.7 Å². The van der Waals surface area contributed by atoms with Gasteiger partial charge in [-0.2, -0.15) is 0 Å². The van der Waals surface area contributed by atoms with Gasteiger partial charge < -0.3 is 19.2 Å². The first-order valence-corrected chi connectivity index (χ1v) is 10.2. The third kappa shape index (κ3) is 4.10. The standard InChI is InChI=1S/C25H23NO5/c1-2-13-30-19-11-6-10-18(15-19)22-21(23(27)17-8-4-3-5-9-17)24(28)25(29)26(22)16-20-12-7-14-31-20/h3-12,14-15,22,27H,2,13,16H2,1H3. The van der Waals surface area contributed by atoms with E-state index in [9.17, 15) is 14.7 Å². The summed E-state index contributed by atoms with van der Waals surface area (Å²) in [7, 11) is 0. The van der Waals surface area contributed by atoms with Gasteiger partial charge in [-0.15, -0.1) is 0 Å². The van der Waals surface area contributed by atoms with Gasteiger partial charge in [0.15, 0.2) is 0 Å². The van der Waals surface area contributed by atoms with Crippen LogP contribution in [0.1, 0.15) is 36.3 Å². The number of nitrogens with zero attached hydrogens (tertiary/aromatic N) is 1. The molecule has 158 valence electrons. The van der Waals surface area contributed by atoms with Crippen molar-refractivity contribution in [1.29, 1.82) is 0 Å². The molecular weight excluding hydrogens is 394 g/mol. The number of rotatable bonds is 7. The first kappa shape index (κ1) is 20.5. The quantitative estimate of drug-likeness (QED) is 0.343. The summed E-state index contributed by atoms with van der Waals surface area (Å²) in [6.45, 7) is 2.68. The van der Waals surface area contributed by atoms with Crippen LogP contribution in [0.3, 0.4) is 0 Å². The van der Waals surface area contributed by atoms with Crippen LogP contribution in [0.15, 0.2) is 83.0 Å². The minimum Gasteiger partial charge on any atom is -0.507 e. The van der Waals surface area contributed by atoms with Crippen LogP contribution >= 0.6 is 0 Å². The van der Waals surface area contributed by atoms with Gasteiger partial charge in [0.2, 0.25) is 0 Å². The number of benzene rings is 2. The lowest BCUT2D eigenvalue weighted by molar-refractivity contribution is -0.140. The average Bonchev–Trinajstić information content (AvgIpc) is 3.40. The van der Waals surface area contributed by atoms with Gasteiger partial charge in [0.1, 0.15) is 17.3 Å². The number of ketones is 1. The van der Waals surface area contributed by atoms with Gasteiger partial charge in [-0.3, -0.25) is 9.59 Å². The van der Waals surface area contributed by atoms with E-state index >= 15 is 0 Å². The molecule has 1 aliphatic rings. The zero-order chi connectivity index (χ0) is 21.8. The molecule has 0 aliphatic carbocycles. The highest BCUT2D eigenvalue weighted by molar-refractivity contribution is 6.46. The first-order chi connectivity index (χ1) is 15.1. The van der Waals surface area contributed by atoms with E-state index in [2.05, 4.69) is 0 Å². The van der Waals surface area contributed by atoms with Crippen LogP contribution in [0.2, 0.25) is 0 Å². The summed E-state index contributed by atoms with van der Waals surface area (Å²) in [5.41, 5.74) is 1.20. The van der Waals surface area contributed by atoms with Crippen molar-refractivity contribution in [3.05, 3.63) is 95.5 Å². The Bertz CT molecular complexity index is 1100. The fraction of sp³-hybridized carbons (Fsp3) is 0.200. The van der Waals surface area contributed by atoms with E-state index in [1.54, 1.807) is 42.5 Å². The highest BCUT2D eigenvalue weighted by atomic mass is 16.5. The number of carbonyl (C=O) groups is 2. The monoisotopic (exact) mass is 417 g/mol. The molecule has 1 aromatic heterocycles. The van der Waals surface area contributed by atoms with Crippen LogP contribution in [0, 0.1) is 0 Å². The van der Waals surface area contributed by atoms with E-state index < -0.39 is 17.7 Å². The zero-order valence-electron chi connectivity index (χ0n) is 17.2. The van der Waals surface area contributed by atoms with Crippen LogP contribution in [0.25, 0.3) is 5.76 Å². The van der Waals surface area contributed by atoms with Crippen LogP contribution < -0.4 is 4.74 Å². The lowest BCUT2D eigenvalue weighted by Gasteiger charge is -2.25. The van der Waals surface area contributed by atoms with E-state index in [0.717, 1.165) is 6.42 Å². The molecule has 1 fully saturated rings. The Morgan fingerprint density at radius 1 is 1.06 bits per heavy atom. The van der Waals surface area contributed by atoms with Crippen molar-refractivity contribution in [1.82, 2.24) is 4.90 Å². The molecule has 0 saturated carbocycles. The normalized spacial score (nSPS) is 17.8. The van der Waals surface area contributed by atoms with E-state index in [1.807, 2.05) is 31.2 Å². The Hall–Kier alpha value is -3.80. The number of amides is 1. The largest absolute Gasteiger partial charge is 0.507 e. The topological polar surface area (TPSA) is 80.0 Å². The molecule has 0 spiro atoms. The summed E-state index contributed by atoms with van der Waals surface area (Å²) >= 11 is 0. The third-order valence-corrected chi connectivity index (χ3v) is 5.14. The first-order valence-electron chi connectivity index (χ1n) is 10.2. The van der Waals surface area contributed by atoms with Crippen molar-refractivity contribution >= 4 is 17.4 Å². The summed E-state index contributed by atoms with van der Waals surface area (Å²) in [4.78, 5) is 27.4. The van der Waals surface area contributed by atoms with Crippen LogP contribution in [0.4, 0.5) is 0 Å². The lowest BCUT2D eigenvalue weighted by Crippen LogP contribution is -2.29. The van der Waals surface area contributed by atoms with Gasteiger partial charge in [-0.1, -0.05) is 49.4 Å². The Labute approximate surface area is 180 Å². The molecule has 1 atom stereocenters. The maximum atomic E-state index is 13.0. The molecule has 0 bridgehead atoms. The van der Waals surface area contributed by atoms with Crippen molar-refractivity contribution in [3.8, 4) is 5.75 Å². The molecule has 1 aliphatic heterocycles. The third-order valence-electron chi connectivity index (χ3n) is 5.14. The highest BCUT2D eigenvalue weighted by Gasteiger charge is 2.46. The molecule has 1 saturated heterocycles. The van der Waals surface area contributed by atoms with Gasteiger partial charge in [0, 0.05) is 5.56 Å². The van der Waals surface area contributed by atoms with E-state index in [4.69, 9.17) is 9.15 Å². The van der Waals surface area contributed by atoms with Crippen molar-refractivity contribution in [2.45, 2.75) is 25.9 Å².